The third-order valence-corrected chi connectivity index (χ3v) is 3.24. The van der Waals surface area contributed by atoms with Crippen molar-refractivity contribution in [3.8, 4) is 0 Å². The molecule has 4 nitrogen and oxygen atoms in total. The van der Waals surface area contributed by atoms with Gasteiger partial charge in [0, 0.05) is 0 Å². The van der Waals surface area contributed by atoms with Gasteiger partial charge >= 0.3 is 11.9 Å². The predicted octanol–water partition coefficient (Wildman–Crippen LogP) is 4.09. The van der Waals surface area contributed by atoms with Crippen molar-refractivity contribution in [3.63, 3.8) is 0 Å². The first-order chi connectivity index (χ1) is 9.69. The molecule has 21 heavy (non-hydrogen) atoms. The summed E-state index contributed by atoms with van der Waals surface area (Å²) in [6, 6.07) is 6.34. The summed E-state index contributed by atoms with van der Waals surface area (Å²) in [5, 5.41) is 0. The highest BCUT2D eigenvalue weighted by Gasteiger charge is 2.14. The zero-order valence-corrected chi connectivity index (χ0v) is 14.2. The van der Waals surface area contributed by atoms with Gasteiger partial charge in [-0.15, -0.1) is 0 Å². The van der Waals surface area contributed by atoms with Crippen LogP contribution in [-0.4, -0.2) is 31.9 Å². The van der Waals surface area contributed by atoms with E-state index in [1.165, 1.54) is 0 Å². The van der Waals surface area contributed by atoms with E-state index < -0.39 is 8.15 Å². The first kappa shape index (κ1) is 17.6. The Hall–Kier alpha value is -1.41. The molecular formula is C16H23O4P. The van der Waals surface area contributed by atoms with Gasteiger partial charge in [0.15, 0.2) is 0 Å². The van der Waals surface area contributed by atoms with Gasteiger partial charge in [-0.3, -0.25) is 0 Å². The molecule has 0 aliphatic rings. The molecule has 0 atom stereocenters. The molecule has 5 heteroatoms. The molecule has 0 aromatic heterocycles. The second-order valence-electron chi connectivity index (χ2n) is 6.22. The lowest BCUT2D eigenvalue weighted by Crippen LogP contribution is -2.13. The third-order valence-electron chi connectivity index (χ3n) is 2.71. The van der Waals surface area contributed by atoms with E-state index in [1.54, 1.807) is 24.3 Å². The summed E-state index contributed by atoms with van der Waals surface area (Å²) in [7, 11) is -0.744. The molecular weight excluding hydrogens is 287 g/mol. The van der Waals surface area contributed by atoms with E-state index in [0.29, 0.717) is 17.7 Å². The van der Waals surface area contributed by atoms with Crippen LogP contribution in [0.5, 0.6) is 0 Å². The van der Waals surface area contributed by atoms with Gasteiger partial charge in [0.05, 0.1) is 25.9 Å². The summed E-state index contributed by atoms with van der Waals surface area (Å²) in [6.45, 7) is 10.4. The van der Waals surface area contributed by atoms with E-state index in [2.05, 4.69) is 20.8 Å². The lowest BCUT2D eigenvalue weighted by atomic mass is 9.93. The highest BCUT2D eigenvalue weighted by molar-refractivity contribution is 7.51. The molecule has 0 bridgehead atoms. The zero-order valence-electron chi connectivity index (χ0n) is 13.3. The van der Waals surface area contributed by atoms with Gasteiger partial charge in [-0.1, -0.05) is 20.8 Å². The Morgan fingerprint density at radius 2 is 1.48 bits per heavy atom. The summed E-state index contributed by atoms with van der Waals surface area (Å²) < 4.78 is 10.4. The maximum atomic E-state index is 11.9. The smallest absolute Gasteiger partial charge is 0.340 e. The molecule has 0 aliphatic heterocycles. The Bertz CT molecular complexity index is 486. The van der Waals surface area contributed by atoms with Crippen LogP contribution in [-0.2, 0) is 9.26 Å². The fourth-order valence-corrected chi connectivity index (χ4v) is 1.93. The van der Waals surface area contributed by atoms with Gasteiger partial charge in [0.25, 0.3) is 0 Å². The van der Waals surface area contributed by atoms with Crippen molar-refractivity contribution in [2.75, 3.05) is 19.9 Å². The van der Waals surface area contributed by atoms with Crippen molar-refractivity contribution in [2.24, 2.45) is 5.41 Å². The van der Waals surface area contributed by atoms with E-state index in [9.17, 15) is 9.59 Å². The van der Waals surface area contributed by atoms with E-state index >= 15 is 0 Å². The lowest BCUT2D eigenvalue weighted by Gasteiger charge is -2.17. The van der Waals surface area contributed by atoms with E-state index in [-0.39, 0.29) is 17.4 Å². The van der Waals surface area contributed by atoms with Crippen molar-refractivity contribution < 1.29 is 18.8 Å². The van der Waals surface area contributed by atoms with Crippen molar-refractivity contribution in [2.45, 2.75) is 27.2 Å². The number of hydrogen-bond donors (Lipinski definition) is 0. The average molecular weight is 310 g/mol. The van der Waals surface area contributed by atoms with Crippen LogP contribution in [0.3, 0.4) is 0 Å². The van der Waals surface area contributed by atoms with Crippen molar-refractivity contribution in [3.05, 3.63) is 35.4 Å². The molecule has 0 saturated heterocycles. The first-order valence-electron chi connectivity index (χ1n) is 6.86. The Morgan fingerprint density at radius 1 is 1.00 bits per heavy atom. The quantitative estimate of drug-likeness (QED) is 0.607. The minimum absolute atomic E-state index is 0.132. The fourth-order valence-electron chi connectivity index (χ4n) is 1.49. The molecule has 1 rings (SSSR count). The molecule has 0 fully saturated rings. The van der Waals surface area contributed by atoms with Crippen LogP contribution in [0.25, 0.3) is 0 Å². The summed E-state index contributed by atoms with van der Waals surface area (Å²) in [6.07, 6.45) is 0.805. The third kappa shape index (κ3) is 6.72. The number of hydrogen-bond acceptors (Lipinski definition) is 4. The van der Waals surface area contributed by atoms with Crippen LogP contribution >= 0.6 is 8.15 Å². The fraction of sp³-hybridized carbons (Fsp3) is 0.500. The summed E-state index contributed by atoms with van der Waals surface area (Å²) in [4.78, 5) is 23.6. The molecule has 0 aliphatic carbocycles. The van der Waals surface area contributed by atoms with Crippen LogP contribution in [0.2, 0.25) is 0 Å². The molecule has 0 N–H and O–H groups in total. The number of carbonyl (C=O) groups excluding carboxylic acids is 2. The maximum Gasteiger partial charge on any atom is 0.340 e. The van der Waals surface area contributed by atoms with Crippen molar-refractivity contribution in [1.82, 2.24) is 0 Å². The van der Waals surface area contributed by atoms with Crippen LogP contribution in [0.4, 0.5) is 0 Å². The number of benzene rings is 1. The number of esters is 1. The Kier molecular flexibility index (Phi) is 6.35. The lowest BCUT2D eigenvalue weighted by molar-refractivity contribution is 0.0464. The minimum atomic E-state index is -0.744. The molecule has 0 spiro atoms. The van der Waals surface area contributed by atoms with Crippen LogP contribution in [0, 0.1) is 5.41 Å². The Morgan fingerprint density at radius 3 is 1.90 bits per heavy atom. The molecule has 0 radical (unpaired) electrons. The second-order valence-corrected chi connectivity index (χ2v) is 8.02. The van der Waals surface area contributed by atoms with Crippen LogP contribution < -0.4 is 0 Å². The molecule has 0 heterocycles. The topological polar surface area (TPSA) is 52.6 Å². The Balaban J connectivity index is 2.57. The highest BCUT2D eigenvalue weighted by atomic mass is 31.1. The van der Waals surface area contributed by atoms with Gasteiger partial charge in [-0.2, -0.15) is 0 Å². The van der Waals surface area contributed by atoms with Crippen LogP contribution in [0.15, 0.2) is 24.3 Å². The molecule has 116 valence electrons. The minimum Gasteiger partial charge on any atom is -0.462 e. The van der Waals surface area contributed by atoms with Gasteiger partial charge in [0.1, 0.15) is 0 Å². The SMILES string of the molecule is CP(C)OC(=O)c1ccc(C(=O)OCCC(C)(C)C)cc1. The molecule has 0 saturated carbocycles. The number of ether oxygens (including phenoxy) is 1. The van der Waals surface area contributed by atoms with Gasteiger partial charge in [-0.25, -0.2) is 9.59 Å². The largest absolute Gasteiger partial charge is 0.462 e. The summed E-state index contributed by atoms with van der Waals surface area (Å²) >= 11 is 0. The molecule has 1 aromatic rings. The van der Waals surface area contributed by atoms with Crippen LogP contribution in [0.1, 0.15) is 47.9 Å². The first-order valence-corrected chi connectivity index (χ1v) is 9.01. The van der Waals surface area contributed by atoms with Crippen molar-refractivity contribution >= 4 is 20.1 Å². The Labute approximate surface area is 127 Å². The maximum absolute atomic E-state index is 11.9. The normalized spacial score (nSPS) is 11.3. The van der Waals surface area contributed by atoms with Gasteiger partial charge < -0.3 is 9.26 Å². The predicted molar refractivity (Wildman–Crippen MR) is 85.0 cm³/mol. The summed E-state index contributed by atoms with van der Waals surface area (Å²) in [5.41, 5.74) is 1.01. The molecule has 1 aromatic carbocycles. The second kappa shape index (κ2) is 7.56. The van der Waals surface area contributed by atoms with Gasteiger partial charge in [0.2, 0.25) is 0 Å². The average Bonchev–Trinajstić information content (AvgIpc) is 2.36. The standard InChI is InChI=1S/C16H23O4P/c1-16(2,3)10-11-19-14(17)12-6-8-13(9-7-12)15(18)20-21(4)5/h6-9H,10-11H2,1-5H3. The molecule has 0 amide bonds. The van der Waals surface area contributed by atoms with E-state index in [4.69, 9.17) is 9.26 Å². The number of carbonyl (C=O) groups is 2. The van der Waals surface area contributed by atoms with Gasteiger partial charge in [-0.05, 0) is 49.4 Å². The monoisotopic (exact) mass is 310 g/mol. The van der Waals surface area contributed by atoms with Crippen molar-refractivity contribution in [1.29, 1.82) is 0 Å². The number of rotatable bonds is 5. The molecule has 0 unspecified atom stereocenters. The van der Waals surface area contributed by atoms with E-state index in [1.807, 2.05) is 13.3 Å². The zero-order chi connectivity index (χ0) is 16.0. The van der Waals surface area contributed by atoms with E-state index in [0.717, 1.165) is 6.42 Å². The highest BCUT2D eigenvalue weighted by Crippen LogP contribution is 2.27. The summed E-state index contributed by atoms with van der Waals surface area (Å²) in [5.74, 6) is -0.730.